The zero-order chi connectivity index (χ0) is 29.9. The summed E-state index contributed by atoms with van der Waals surface area (Å²) in [4.78, 5) is 41.6. The summed E-state index contributed by atoms with van der Waals surface area (Å²) in [5, 5.41) is 12.8. The predicted molar refractivity (Wildman–Crippen MR) is 152 cm³/mol. The molecule has 0 spiro atoms. The van der Waals surface area contributed by atoms with Gasteiger partial charge in [-0.2, -0.15) is 0 Å². The topological polar surface area (TPSA) is 111 Å². The number of amides is 3. The Balaban J connectivity index is 1.36. The molecular formula is C27H27B4FN4O5. The number of halogens is 1. The quantitative estimate of drug-likeness (QED) is 0.339. The van der Waals surface area contributed by atoms with Gasteiger partial charge in [-0.3, -0.25) is 24.6 Å². The van der Waals surface area contributed by atoms with Gasteiger partial charge in [0, 0.05) is 55.1 Å². The molecule has 3 N–H and O–H groups in total. The minimum absolute atomic E-state index is 0.100. The lowest BCUT2D eigenvalue weighted by atomic mass is 9.29. The van der Waals surface area contributed by atoms with Crippen LogP contribution in [0.15, 0.2) is 36.4 Å². The Hall–Kier alpha value is -3.08. The zero-order valence-electron chi connectivity index (χ0n) is 22.8. The lowest BCUT2D eigenvalue weighted by molar-refractivity contribution is -0.151. The normalized spacial score (nSPS) is 29.8. The van der Waals surface area contributed by atoms with Crippen molar-refractivity contribution >= 4 is 54.8 Å². The number of hydrogen-bond acceptors (Lipinski definition) is 7. The Bertz CT molecular complexity index is 1420. The molecule has 14 heteroatoms. The van der Waals surface area contributed by atoms with Gasteiger partial charge < -0.3 is 20.1 Å². The lowest BCUT2D eigenvalue weighted by Crippen LogP contribution is -2.79. The van der Waals surface area contributed by atoms with Crippen LogP contribution in [0, 0.1) is 5.82 Å². The molecule has 9 nitrogen and oxygen atoms in total. The highest BCUT2D eigenvalue weighted by molar-refractivity contribution is 6.58. The van der Waals surface area contributed by atoms with E-state index in [2.05, 4.69) is 10.2 Å². The molecule has 0 aliphatic carbocycles. The van der Waals surface area contributed by atoms with Crippen LogP contribution in [0.2, 0.25) is 5.21 Å². The van der Waals surface area contributed by atoms with Crippen molar-refractivity contribution in [1.82, 2.24) is 15.1 Å². The molecule has 3 heterocycles. The molecule has 3 amide bonds. The van der Waals surface area contributed by atoms with Crippen LogP contribution in [0.5, 0.6) is 0 Å². The molecule has 2 saturated heterocycles. The summed E-state index contributed by atoms with van der Waals surface area (Å²) in [5.41, 5.74) is -3.08. The number of carbonyl (C=O) groups excluding carboxylic acids is 3. The molecular weight excluding hydrogens is 523 g/mol. The average molecular weight is 550 g/mol. The van der Waals surface area contributed by atoms with E-state index in [1.54, 1.807) is 24.3 Å². The van der Waals surface area contributed by atoms with E-state index >= 15 is 0 Å². The largest absolute Gasteiger partial charge is 0.391 e. The third-order valence-electron chi connectivity index (χ3n) is 8.06. The highest BCUT2D eigenvalue weighted by Gasteiger charge is 2.65. The van der Waals surface area contributed by atoms with E-state index in [-0.39, 0.29) is 30.9 Å². The van der Waals surface area contributed by atoms with Gasteiger partial charge in [-0.05, 0) is 48.9 Å². The van der Waals surface area contributed by atoms with E-state index in [0.717, 1.165) is 23.6 Å². The Morgan fingerprint density at radius 3 is 2.44 bits per heavy atom. The highest BCUT2D eigenvalue weighted by atomic mass is 19.1. The molecule has 8 radical (unpaired) electrons. The first-order valence-corrected chi connectivity index (χ1v) is 13.2. The maximum atomic E-state index is 14.8. The number of morpholine rings is 1. The molecule has 3 aliphatic rings. The Morgan fingerprint density at radius 2 is 1.76 bits per heavy atom. The summed E-state index contributed by atoms with van der Waals surface area (Å²) in [6.07, 6.45) is 0.218. The molecule has 5 rings (SSSR count). The number of fused-ring (bicyclic) bond motifs is 1. The van der Waals surface area contributed by atoms with E-state index in [1.165, 1.54) is 12.1 Å². The molecule has 3 aliphatic heterocycles. The molecule has 2 fully saturated rings. The number of carbonyl (C=O) groups is 3. The number of aliphatic hydroxyl groups is 1. The first kappa shape index (κ1) is 29.4. The zero-order valence-corrected chi connectivity index (χ0v) is 22.8. The Labute approximate surface area is 243 Å². The van der Waals surface area contributed by atoms with Crippen LogP contribution in [0.4, 0.5) is 10.1 Å². The average Bonchev–Trinajstić information content (AvgIpc) is 3.24. The SMILES string of the molecule is [B]C1(O)C(=O)NC(=O)C([B])(N2Cc3c(NCc4cc(CN5CC(C)OC(C)C5)ccc4F)cccc3C2=O)C1([B])[B]. The molecule has 2 aromatic rings. The van der Waals surface area contributed by atoms with E-state index in [0.29, 0.717) is 23.4 Å². The molecule has 4 unspecified atom stereocenters. The number of imide groups is 1. The van der Waals surface area contributed by atoms with Gasteiger partial charge in [0.05, 0.1) is 38.8 Å². The number of ether oxygens (including phenoxy) is 1. The van der Waals surface area contributed by atoms with Crippen LogP contribution in [0.1, 0.15) is 40.9 Å². The molecule has 0 bridgehead atoms. The molecule has 2 aromatic carbocycles. The van der Waals surface area contributed by atoms with Gasteiger partial charge in [0.25, 0.3) is 5.91 Å². The van der Waals surface area contributed by atoms with Crippen molar-refractivity contribution in [2.24, 2.45) is 0 Å². The number of hydrogen-bond donors (Lipinski definition) is 3. The maximum Gasteiger partial charge on any atom is 0.254 e. The first-order chi connectivity index (χ1) is 19.2. The number of nitrogens with one attached hydrogen (secondary N) is 2. The summed E-state index contributed by atoms with van der Waals surface area (Å²) < 4.78 is 20.6. The molecule has 0 aromatic heterocycles. The number of anilines is 1. The number of piperidine rings is 1. The molecule has 41 heavy (non-hydrogen) atoms. The Kier molecular flexibility index (Phi) is 7.41. The fraction of sp³-hybridized carbons (Fsp3) is 0.444. The summed E-state index contributed by atoms with van der Waals surface area (Å²) in [7, 11) is 24.0. The maximum absolute atomic E-state index is 14.8. The van der Waals surface area contributed by atoms with Crippen molar-refractivity contribution in [2.75, 3.05) is 18.4 Å². The van der Waals surface area contributed by atoms with Crippen molar-refractivity contribution in [3.63, 3.8) is 0 Å². The number of nitrogens with zero attached hydrogens (tertiary/aromatic N) is 2. The molecule has 204 valence electrons. The second-order valence-electron chi connectivity index (χ2n) is 11.1. The highest BCUT2D eigenvalue weighted by Crippen LogP contribution is 2.49. The van der Waals surface area contributed by atoms with Gasteiger partial charge >= 0.3 is 0 Å². The van der Waals surface area contributed by atoms with Crippen LogP contribution >= 0.6 is 0 Å². The third kappa shape index (κ3) is 4.79. The van der Waals surface area contributed by atoms with Crippen molar-refractivity contribution in [3.8, 4) is 0 Å². The van der Waals surface area contributed by atoms with Crippen LogP contribution < -0.4 is 10.6 Å². The standard InChI is InChI=1S/C27H27B4FN4O5/c1-14-10-35(11-15(2)41-14)12-16-6-7-20(32)17(8-16)9-33-21-5-3-4-18-19(21)13-36(22(18)37)25(28)23(38)34-24(39)26(29,40)27(25,30)31/h3-8,14-15,33,40H,9-13H2,1-2H3,(H,34,38,39). The fourth-order valence-corrected chi connectivity index (χ4v) is 5.81. The minimum Gasteiger partial charge on any atom is -0.391 e. The third-order valence-corrected chi connectivity index (χ3v) is 8.06. The van der Waals surface area contributed by atoms with Crippen molar-refractivity contribution in [1.29, 1.82) is 0 Å². The molecule has 0 saturated carbocycles. The number of rotatable bonds is 6. The second kappa shape index (κ2) is 10.3. The minimum atomic E-state index is -2.97. The van der Waals surface area contributed by atoms with Gasteiger partial charge in [-0.15, -0.1) is 0 Å². The summed E-state index contributed by atoms with van der Waals surface area (Å²) in [5.74, 6) is -3.64. The van der Waals surface area contributed by atoms with Crippen LogP contribution in [-0.2, 0) is 34.0 Å². The van der Waals surface area contributed by atoms with Crippen LogP contribution in [0.25, 0.3) is 0 Å². The van der Waals surface area contributed by atoms with Crippen LogP contribution in [0.3, 0.4) is 0 Å². The summed E-state index contributed by atoms with van der Waals surface area (Å²) in [6.45, 7) is 6.10. The van der Waals surface area contributed by atoms with Gasteiger partial charge in [0.1, 0.15) is 21.5 Å². The van der Waals surface area contributed by atoms with E-state index < -0.39 is 39.7 Å². The van der Waals surface area contributed by atoms with Crippen LogP contribution in [-0.4, -0.2) is 100 Å². The summed E-state index contributed by atoms with van der Waals surface area (Å²) >= 11 is 0. The second-order valence-corrected chi connectivity index (χ2v) is 11.1. The Morgan fingerprint density at radius 1 is 1.07 bits per heavy atom. The lowest BCUT2D eigenvalue weighted by Gasteiger charge is -2.58. The van der Waals surface area contributed by atoms with Crippen molar-refractivity contribution < 1.29 is 28.6 Å². The monoisotopic (exact) mass is 550 g/mol. The van der Waals surface area contributed by atoms with Crippen molar-refractivity contribution in [2.45, 2.75) is 61.8 Å². The molecule has 4 atom stereocenters. The van der Waals surface area contributed by atoms with Gasteiger partial charge in [-0.25, -0.2) is 4.39 Å². The van der Waals surface area contributed by atoms with Gasteiger partial charge in [0.2, 0.25) is 11.8 Å². The number of benzene rings is 2. The first-order valence-electron chi connectivity index (χ1n) is 13.2. The van der Waals surface area contributed by atoms with Crippen molar-refractivity contribution in [3.05, 3.63) is 64.5 Å². The summed E-state index contributed by atoms with van der Waals surface area (Å²) in [6, 6.07) is 9.81. The predicted octanol–water partition coefficient (Wildman–Crippen LogP) is -0.166. The van der Waals surface area contributed by atoms with E-state index in [4.69, 9.17) is 36.1 Å². The van der Waals surface area contributed by atoms with E-state index in [1.807, 2.05) is 19.2 Å². The smallest absolute Gasteiger partial charge is 0.254 e. The van der Waals surface area contributed by atoms with Gasteiger partial charge in [0.15, 0.2) is 0 Å². The fourth-order valence-electron chi connectivity index (χ4n) is 5.81. The van der Waals surface area contributed by atoms with Gasteiger partial charge in [-0.1, -0.05) is 12.1 Å². The van der Waals surface area contributed by atoms with E-state index in [9.17, 15) is 23.9 Å².